The summed E-state index contributed by atoms with van der Waals surface area (Å²) in [7, 11) is 0. The number of hydrogen-bond acceptors (Lipinski definition) is 3. The van der Waals surface area contributed by atoms with Crippen molar-refractivity contribution in [2.75, 3.05) is 5.73 Å². The van der Waals surface area contributed by atoms with E-state index >= 15 is 0 Å². The van der Waals surface area contributed by atoms with E-state index in [4.69, 9.17) is 10.8 Å². The van der Waals surface area contributed by atoms with Crippen LogP contribution in [0.3, 0.4) is 0 Å². The molecule has 0 spiro atoms. The third kappa shape index (κ3) is 1.35. The number of aromatic amines is 1. The van der Waals surface area contributed by atoms with E-state index in [1.54, 1.807) is 18.2 Å². The number of halogens is 1. The molecule has 0 radical (unpaired) electrons. The van der Waals surface area contributed by atoms with Gasteiger partial charge in [-0.2, -0.15) is 0 Å². The van der Waals surface area contributed by atoms with E-state index in [0.717, 1.165) is 11.0 Å². The van der Waals surface area contributed by atoms with Gasteiger partial charge in [0.1, 0.15) is 5.75 Å². The van der Waals surface area contributed by atoms with E-state index in [2.05, 4.69) is 9.97 Å². The Morgan fingerprint density at radius 3 is 2.92 bits per heavy atom. The summed E-state index contributed by atoms with van der Waals surface area (Å²) in [5, 5.41) is 9.05. The summed E-state index contributed by atoms with van der Waals surface area (Å²) in [5.41, 5.74) is 6.91. The van der Waals surface area contributed by atoms with E-state index in [1.807, 2.05) is 0 Å². The largest absolute Gasteiger partial charge is 0.508 e. The van der Waals surface area contributed by atoms with Gasteiger partial charge in [-0.05, 0) is 12.1 Å². The van der Waals surface area contributed by atoms with Crippen molar-refractivity contribution in [2.45, 2.75) is 0 Å². The summed E-state index contributed by atoms with van der Waals surface area (Å²) >= 11 is 0. The second-order valence-corrected chi connectivity index (χ2v) is 2.32. The molecule has 1 aromatic carbocycles. The third-order valence-corrected chi connectivity index (χ3v) is 1.48. The van der Waals surface area contributed by atoms with Crippen molar-refractivity contribution in [3.63, 3.8) is 0 Å². The number of nitrogens with zero attached hydrogens (tertiary/aromatic N) is 1. The minimum absolute atomic E-state index is 0. The number of fused-ring (bicyclic) bond motifs is 1. The zero-order valence-electron chi connectivity index (χ0n) is 6.11. The predicted molar refractivity (Wildman–Crippen MR) is 52.5 cm³/mol. The number of phenolic OH excluding ortho intramolecular Hbond substituents is 1. The van der Waals surface area contributed by atoms with Gasteiger partial charge in [0.25, 0.3) is 0 Å². The Labute approximate surface area is 79.2 Å². The monoisotopic (exact) mass is 229 g/mol. The number of aromatic nitrogens is 2. The van der Waals surface area contributed by atoms with Crippen LogP contribution in [0.25, 0.3) is 11.0 Å². The lowest BCUT2D eigenvalue weighted by Gasteiger charge is -1.88. The Morgan fingerprint density at radius 2 is 2.17 bits per heavy atom. The fraction of sp³-hybridized carbons (Fsp3) is 0. The number of nitrogen functional groups attached to an aromatic ring is 1. The maximum Gasteiger partial charge on any atom is 0.198 e. The molecular formula is C7H8BrN3O. The molecule has 0 aliphatic rings. The van der Waals surface area contributed by atoms with Crippen LogP contribution in [0.1, 0.15) is 0 Å². The molecule has 0 saturated heterocycles. The van der Waals surface area contributed by atoms with Gasteiger partial charge in [-0.15, -0.1) is 17.0 Å². The summed E-state index contributed by atoms with van der Waals surface area (Å²) in [6.07, 6.45) is 0. The van der Waals surface area contributed by atoms with E-state index < -0.39 is 0 Å². The number of H-pyrrole nitrogens is 1. The number of anilines is 1. The number of nitrogens with two attached hydrogens (primary N) is 1. The first-order valence-corrected chi connectivity index (χ1v) is 3.20. The number of imidazole rings is 1. The number of aromatic hydroxyl groups is 1. The van der Waals surface area contributed by atoms with Gasteiger partial charge in [0.05, 0.1) is 11.0 Å². The summed E-state index contributed by atoms with van der Waals surface area (Å²) in [5.74, 6) is 0.576. The highest BCUT2D eigenvalue weighted by atomic mass is 79.9. The number of hydrogen-bond donors (Lipinski definition) is 3. The number of nitrogens with one attached hydrogen (secondary N) is 1. The van der Waals surface area contributed by atoms with Gasteiger partial charge >= 0.3 is 0 Å². The summed E-state index contributed by atoms with van der Waals surface area (Å²) in [6.45, 7) is 0. The van der Waals surface area contributed by atoms with Crippen molar-refractivity contribution in [1.82, 2.24) is 9.97 Å². The quantitative estimate of drug-likeness (QED) is 0.640. The molecule has 4 N–H and O–H groups in total. The van der Waals surface area contributed by atoms with Crippen LogP contribution in [0.5, 0.6) is 5.75 Å². The van der Waals surface area contributed by atoms with Gasteiger partial charge in [0.15, 0.2) is 5.95 Å². The summed E-state index contributed by atoms with van der Waals surface area (Å²) < 4.78 is 0. The number of rotatable bonds is 0. The molecule has 4 nitrogen and oxygen atoms in total. The van der Waals surface area contributed by atoms with Gasteiger partial charge in [0.2, 0.25) is 0 Å². The zero-order chi connectivity index (χ0) is 7.84. The van der Waals surface area contributed by atoms with E-state index in [1.165, 1.54) is 0 Å². The van der Waals surface area contributed by atoms with Crippen LogP contribution in [0, 0.1) is 0 Å². The summed E-state index contributed by atoms with van der Waals surface area (Å²) in [4.78, 5) is 6.77. The Morgan fingerprint density at radius 1 is 1.42 bits per heavy atom. The van der Waals surface area contributed by atoms with Gasteiger partial charge in [0, 0.05) is 6.07 Å². The summed E-state index contributed by atoms with van der Waals surface area (Å²) in [6, 6.07) is 4.86. The molecule has 12 heavy (non-hydrogen) atoms. The molecule has 0 aliphatic carbocycles. The molecule has 0 atom stereocenters. The lowest BCUT2D eigenvalue weighted by atomic mass is 10.3. The first kappa shape index (κ1) is 8.86. The Kier molecular flexibility index (Phi) is 2.23. The second-order valence-electron chi connectivity index (χ2n) is 2.32. The maximum atomic E-state index is 9.05. The van der Waals surface area contributed by atoms with Crippen molar-refractivity contribution < 1.29 is 5.11 Å². The van der Waals surface area contributed by atoms with Crippen molar-refractivity contribution in [2.24, 2.45) is 0 Å². The lowest BCUT2D eigenvalue weighted by molar-refractivity contribution is 0.476. The van der Waals surface area contributed by atoms with Gasteiger partial charge in [-0.25, -0.2) is 4.98 Å². The van der Waals surface area contributed by atoms with Gasteiger partial charge < -0.3 is 15.8 Å². The molecular weight excluding hydrogens is 222 g/mol. The van der Waals surface area contributed by atoms with Crippen LogP contribution < -0.4 is 5.73 Å². The first-order valence-electron chi connectivity index (χ1n) is 3.20. The fourth-order valence-electron chi connectivity index (χ4n) is 1.02. The molecule has 1 aromatic heterocycles. The average molecular weight is 230 g/mol. The molecule has 0 saturated carbocycles. The van der Waals surface area contributed by atoms with Gasteiger partial charge in [-0.3, -0.25) is 0 Å². The molecule has 0 amide bonds. The maximum absolute atomic E-state index is 9.05. The molecule has 64 valence electrons. The van der Waals surface area contributed by atoms with E-state index in [-0.39, 0.29) is 22.7 Å². The standard InChI is InChI=1S/C7H7N3O.BrH/c8-7-9-5-2-1-4(11)3-6(5)10-7;/h1-3,11H,(H3,8,9,10);1H. The number of benzene rings is 1. The SMILES string of the molecule is Br.Nc1nc2ccc(O)cc2[nH]1. The average Bonchev–Trinajstić information content (AvgIpc) is 2.27. The molecule has 5 heteroatoms. The molecule has 0 fully saturated rings. The van der Waals surface area contributed by atoms with Crippen LogP contribution in [0.15, 0.2) is 18.2 Å². The molecule has 0 bridgehead atoms. The minimum atomic E-state index is 0. The van der Waals surface area contributed by atoms with Crippen molar-refractivity contribution in [3.8, 4) is 5.75 Å². The zero-order valence-corrected chi connectivity index (χ0v) is 7.83. The molecule has 0 aliphatic heterocycles. The molecule has 2 aromatic rings. The highest BCUT2D eigenvalue weighted by molar-refractivity contribution is 8.93. The van der Waals surface area contributed by atoms with Crippen LogP contribution in [-0.2, 0) is 0 Å². The van der Waals surface area contributed by atoms with Crippen molar-refractivity contribution >= 4 is 34.0 Å². The minimum Gasteiger partial charge on any atom is -0.508 e. The highest BCUT2D eigenvalue weighted by Crippen LogP contribution is 2.17. The molecule has 2 rings (SSSR count). The third-order valence-electron chi connectivity index (χ3n) is 1.48. The van der Waals surface area contributed by atoms with Crippen molar-refractivity contribution in [1.29, 1.82) is 0 Å². The molecule has 1 heterocycles. The lowest BCUT2D eigenvalue weighted by Crippen LogP contribution is -1.84. The second kappa shape index (κ2) is 3.02. The Bertz CT molecular complexity index is 398. The number of phenols is 1. The Balaban J connectivity index is 0.000000720. The van der Waals surface area contributed by atoms with Crippen LogP contribution >= 0.6 is 17.0 Å². The van der Waals surface area contributed by atoms with Crippen LogP contribution in [-0.4, -0.2) is 15.1 Å². The van der Waals surface area contributed by atoms with E-state index in [0.29, 0.717) is 5.95 Å². The topological polar surface area (TPSA) is 74.9 Å². The molecule has 0 unspecified atom stereocenters. The van der Waals surface area contributed by atoms with E-state index in [9.17, 15) is 0 Å². The normalized spacial score (nSPS) is 9.67. The van der Waals surface area contributed by atoms with Crippen LogP contribution in [0.2, 0.25) is 0 Å². The van der Waals surface area contributed by atoms with Gasteiger partial charge in [-0.1, -0.05) is 0 Å². The Hall–Kier alpha value is -1.23. The smallest absolute Gasteiger partial charge is 0.198 e. The first-order chi connectivity index (χ1) is 5.25. The van der Waals surface area contributed by atoms with Crippen molar-refractivity contribution in [3.05, 3.63) is 18.2 Å². The fourth-order valence-corrected chi connectivity index (χ4v) is 1.02. The van der Waals surface area contributed by atoms with Crippen LogP contribution in [0.4, 0.5) is 5.95 Å². The highest BCUT2D eigenvalue weighted by Gasteiger charge is 1.98. The predicted octanol–water partition coefficient (Wildman–Crippen LogP) is 1.43.